The summed E-state index contributed by atoms with van der Waals surface area (Å²) in [7, 11) is 0.535. The van der Waals surface area contributed by atoms with Gasteiger partial charge in [-0.2, -0.15) is 4.31 Å². The molecule has 2 unspecified atom stereocenters. The van der Waals surface area contributed by atoms with E-state index >= 15 is 0 Å². The van der Waals surface area contributed by atoms with E-state index in [1.54, 1.807) is 28.6 Å². The zero-order chi connectivity index (χ0) is 15.6. The fourth-order valence-corrected chi connectivity index (χ4v) is 4.49. The van der Waals surface area contributed by atoms with E-state index in [0.717, 1.165) is 24.9 Å². The van der Waals surface area contributed by atoms with Crippen molar-refractivity contribution in [2.24, 2.45) is 5.73 Å². The van der Waals surface area contributed by atoms with Crippen molar-refractivity contribution in [2.75, 3.05) is 27.2 Å². The average molecular weight is 311 g/mol. The van der Waals surface area contributed by atoms with Gasteiger partial charge in [0.1, 0.15) is 0 Å². The highest BCUT2D eigenvalue weighted by Crippen LogP contribution is 2.27. The molecule has 1 aliphatic heterocycles. The molecule has 0 saturated carbocycles. The van der Waals surface area contributed by atoms with Crippen LogP contribution in [0.4, 0.5) is 0 Å². The Morgan fingerprint density at radius 3 is 2.48 bits per heavy atom. The Hall–Kier alpha value is -0.950. The maximum atomic E-state index is 12.8. The highest BCUT2D eigenvalue weighted by Gasteiger charge is 2.35. The Morgan fingerprint density at radius 1 is 1.33 bits per heavy atom. The number of likely N-dealkylation sites (N-methyl/N-ethyl adjacent to an activating group) is 1. The second-order valence-corrected chi connectivity index (χ2v) is 7.92. The van der Waals surface area contributed by atoms with Crippen LogP contribution in [0.3, 0.4) is 0 Å². The van der Waals surface area contributed by atoms with Crippen molar-refractivity contribution in [3.63, 3.8) is 0 Å². The zero-order valence-corrected chi connectivity index (χ0v) is 13.8. The van der Waals surface area contributed by atoms with Gasteiger partial charge in [-0.25, -0.2) is 8.42 Å². The van der Waals surface area contributed by atoms with Gasteiger partial charge >= 0.3 is 0 Å². The van der Waals surface area contributed by atoms with Gasteiger partial charge in [0.25, 0.3) is 0 Å². The lowest BCUT2D eigenvalue weighted by atomic mass is 10.1. The predicted octanol–water partition coefficient (Wildman–Crippen LogP) is 1.42. The number of hydrogen-bond donors (Lipinski definition) is 1. The van der Waals surface area contributed by atoms with Gasteiger partial charge in [-0.1, -0.05) is 12.1 Å². The van der Waals surface area contributed by atoms with Crippen molar-refractivity contribution in [3.05, 3.63) is 29.8 Å². The van der Waals surface area contributed by atoms with Crippen molar-refractivity contribution < 1.29 is 8.42 Å². The largest absolute Gasteiger partial charge is 0.324 e. The number of nitrogens with zero attached hydrogens (tertiary/aromatic N) is 2. The molecule has 118 valence electrons. The van der Waals surface area contributed by atoms with E-state index < -0.39 is 10.0 Å². The van der Waals surface area contributed by atoms with Crippen LogP contribution < -0.4 is 5.73 Å². The molecule has 21 heavy (non-hydrogen) atoms. The molecule has 1 aliphatic rings. The standard InChI is InChI=1S/C15H25N3O2S/c1-12(16)13-6-8-15(9-7-13)21(19,20)18-10-4-5-14(18)11-17(2)3/h6-9,12,14H,4-5,10-11,16H2,1-3H3. The van der Waals surface area contributed by atoms with Gasteiger partial charge in [-0.3, -0.25) is 0 Å². The lowest BCUT2D eigenvalue weighted by Crippen LogP contribution is -2.41. The molecule has 1 saturated heterocycles. The van der Waals surface area contributed by atoms with E-state index in [0.29, 0.717) is 11.4 Å². The Kier molecular flexibility index (Phi) is 5.03. The minimum atomic E-state index is -3.41. The van der Waals surface area contributed by atoms with Crippen LogP contribution in [-0.2, 0) is 10.0 Å². The second-order valence-electron chi connectivity index (χ2n) is 6.03. The van der Waals surface area contributed by atoms with Crippen LogP contribution in [-0.4, -0.2) is 50.8 Å². The first kappa shape index (κ1) is 16.4. The van der Waals surface area contributed by atoms with Crippen LogP contribution in [0.2, 0.25) is 0 Å². The van der Waals surface area contributed by atoms with Gasteiger partial charge in [0.05, 0.1) is 4.90 Å². The van der Waals surface area contributed by atoms with Crippen molar-refractivity contribution in [1.29, 1.82) is 0 Å². The van der Waals surface area contributed by atoms with Crippen LogP contribution in [0.5, 0.6) is 0 Å². The summed E-state index contributed by atoms with van der Waals surface area (Å²) in [6.07, 6.45) is 1.85. The molecule has 0 aliphatic carbocycles. The number of nitrogens with two attached hydrogens (primary N) is 1. The Balaban J connectivity index is 2.24. The van der Waals surface area contributed by atoms with Crippen molar-refractivity contribution >= 4 is 10.0 Å². The first-order valence-corrected chi connectivity index (χ1v) is 8.78. The molecule has 1 fully saturated rings. The van der Waals surface area contributed by atoms with E-state index in [1.165, 1.54) is 0 Å². The maximum Gasteiger partial charge on any atom is 0.243 e. The minimum absolute atomic E-state index is 0.0677. The third-order valence-electron chi connectivity index (χ3n) is 3.91. The number of hydrogen-bond acceptors (Lipinski definition) is 4. The highest BCUT2D eigenvalue weighted by atomic mass is 32.2. The van der Waals surface area contributed by atoms with Crippen molar-refractivity contribution in [3.8, 4) is 0 Å². The molecule has 0 bridgehead atoms. The predicted molar refractivity (Wildman–Crippen MR) is 84.5 cm³/mol. The monoisotopic (exact) mass is 311 g/mol. The van der Waals surface area contributed by atoms with Crippen LogP contribution in [0, 0.1) is 0 Å². The topological polar surface area (TPSA) is 66.6 Å². The highest BCUT2D eigenvalue weighted by molar-refractivity contribution is 7.89. The summed E-state index contributed by atoms with van der Waals surface area (Å²) >= 11 is 0. The summed E-state index contributed by atoms with van der Waals surface area (Å²) < 4.78 is 27.2. The Bertz CT molecular complexity index is 567. The van der Waals surface area contributed by atoms with Crippen LogP contribution in [0.15, 0.2) is 29.2 Å². The van der Waals surface area contributed by atoms with E-state index in [1.807, 2.05) is 25.9 Å². The normalized spacial score (nSPS) is 21.9. The smallest absolute Gasteiger partial charge is 0.243 e. The van der Waals surface area contributed by atoms with E-state index in [4.69, 9.17) is 5.73 Å². The van der Waals surface area contributed by atoms with E-state index in [-0.39, 0.29) is 12.1 Å². The molecular formula is C15H25N3O2S. The Labute approximate surface area is 127 Å². The minimum Gasteiger partial charge on any atom is -0.324 e. The third-order valence-corrected chi connectivity index (χ3v) is 5.88. The molecule has 6 heteroatoms. The van der Waals surface area contributed by atoms with Crippen molar-refractivity contribution in [1.82, 2.24) is 9.21 Å². The summed E-state index contributed by atoms with van der Waals surface area (Å²) in [5.74, 6) is 0. The first-order valence-electron chi connectivity index (χ1n) is 7.34. The van der Waals surface area contributed by atoms with Gasteiger partial charge in [0, 0.05) is 25.2 Å². The third kappa shape index (κ3) is 3.63. The molecule has 2 atom stereocenters. The molecular weight excluding hydrogens is 286 g/mol. The maximum absolute atomic E-state index is 12.8. The summed E-state index contributed by atoms with van der Waals surface area (Å²) in [6.45, 7) is 3.25. The second kappa shape index (κ2) is 6.44. The quantitative estimate of drug-likeness (QED) is 0.893. The molecule has 0 amide bonds. The number of rotatable bonds is 5. The van der Waals surface area contributed by atoms with Crippen LogP contribution >= 0.6 is 0 Å². The average Bonchev–Trinajstić information content (AvgIpc) is 2.86. The molecule has 1 aromatic rings. The van der Waals surface area contributed by atoms with Crippen LogP contribution in [0.1, 0.15) is 31.4 Å². The molecule has 5 nitrogen and oxygen atoms in total. The van der Waals surface area contributed by atoms with Crippen molar-refractivity contribution in [2.45, 2.75) is 36.7 Å². The molecule has 2 rings (SSSR count). The summed E-state index contributed by atoms with van der Waals surface area (Å²) in [5, 5.41) is 0. The Morgan fingerprint density at radius 2 is 1.95 bits per heavy atom. The SMILES string of the molecule is CC(N)c1ccc(S(=O)(=O)N2CCCC2CN(C)C)cc1. The lowest BCUT2D eigenvalue weighted by molar-refractivity contribution is 0.291. The molecule has 0 aromatic heterocycles. The van der Waals surface area contributed by atoms with Gasteiger partial charge in [-0.05, 0) is 51.6 Å². The molecule has 2 N–H and O–H groups in total. The summed E-state index contributed by atoms with van der Waals surface area (Å²) in [6, 6.07) is 6.91. The number of benzene rings is 1. The zero-order valence-electron chi connectivity index (χ0n) is 13.0. The van der Waals surface area contributed by atoms with Gasteiger partial charge < -0.3 is 10.6 Å². The molecule has 0 radical (unpaired) electrons. The van der Waals surface area contributed by atoms with Gasteiger partial charge in [0.2, 0.25) is 10.0 Å². The summed E-state index contributed by atoms with van der Waals surface area (Å²) in [4.78, 5) is 2.40. The van der Waals surface area contributed by atoms with E-state index in [2.05, 4.69) is 0 Å². The van der Waals surface area contributed by atoms with Gasteiger partial charge in [-0.15, -0.1) is 0 Å². The fourth-order valence-electron chi connectivity index (χ4n) is 2.81. The summed E-state index contributed by atoms with van der Waals surface area (Å²) in [5.41, 5.74) is 6.75. The fraction of sp³-hybridized carbons (Fsp3) is 0.600. The van der Waals surface area contributed by atoms with Crippen LogP contribution in [0.25, 0.3) is 0 Å². The molecule has 0 spiro atoms. The lowest BCUT2D eigenvalue weighted by Gasteiger charge is -2.26. The van der Waals surface area contributed by atoms with E-state index in [9.17, 15) is 8.42 Å². The molecule has 1 aromatic carbocycles. The molecule has 1 heterocycles. The van der Waals surface area contributed by atoms with Gasteiger partial charge in [0.15, 0.2) is 0 Å². The number of sulfonamides is 1. The first-order chi connectivity index (χ1) is 9.82.